The Bertz CT molecular complexity index is 993. The molecule has 0 unspecified atom stereocenters. The highest BCUT2D eigenvalue weighted by Gasteiger charge is 2.22. The number of nitrogens with zero attached hydrogens (tertiary/aromatic N) is 3. The van der Waals surface area contributed by atoms with Gasteiger partial charge in [0.05, 0.1) is 23.3 Å². The molecular weight excluding hydrogens is 382 g/mol. The summed E-state index contributed by atoms with van der Waals surface area (Å²) in [4.78, 5) is 27.5. The molecule has 3 rings (SSSR count). The molecule has 0 bridgehead atoms. The number of ether oxygens (including phenoxy) is 1. The Labute approximate surface area is 164 Å². The summed E-state index contributed by atoms with van der Waals surface area (Å²) < 4.78 is 4.99. The van der Waals surface area contributed by atoms with Crippen LogP contribution in [-0.4, -0.2) is 38.4 Å². The Kier molecular flexibility index (Phi) is 5.90. The van der Waals surface area contributed by atoms with Crippen LogP contribution in [0, 0.1) is 10.1 Å². The maximum atomic E-state index is 12.5. The number of hydrogen-bond acceptors (Lipinski definition) is 7. The number of methoxy groups -OCH3 is 1. The van der Waals surface area contributed by atoms with Crippen molar-refractivity contribution in [3.8, 4) is 17.1 Å². The molecule has 0 fully saturated rings. The minimum atomic E-state index is -0.572. The molecule has 10 heteroatoms. The molecule has 1 amide bonds. The Morgan fingerprint density at radius 3 is 2.71 bits per heavy atom. The fraction of sp³-hybridized carbons (Fsp3) is 0.167. The zero-order valence-corrected chi connectivity index (χ0v) is 15.9. The van der Waals surface area contributed by atoms with Gasteiger partial charge < -0.3 is 10.1 Å². The van der Waals surface area contributed by atoms with Gasteiger partial charge in [0.2, 0.25) is 11.1 Å². The SMILES string of the molecule is COc1ccc(NC(=O)[C@H](C)Sc2n[nH]c(-c3ccccc3)n2)c([N+](=O)[O-])c1. The normalized spacial score (nSPS) is 11.6. The van der Waals surface area contributed by atoms with Gasteiger partial charge in [-0.1, -0.05) is 42.1 Å². The van der Waals surface area contributed by atoms with Crippen molar-refractivity contribution in [1.29, 1.82) is 0 Å². The van der Waals surface area contributed by atoms with E-state index in [-0.39, 0.29) is 11.4 Å². The second kappa shape index (κ2) is 8.53. The maximum Gasteiger partial charge on any atom is 0.296 e. The van der Waals surface area contributed by atoms with E-state index in [1.165, 1.54) is 19.2 Å². The van der Waals surface area contributed by atoms with Crippen LogP contribution in [0.15, 0.2) is 53.7 Å². The molecule has 0 spiro atoms. The molecule has 144 valence electrons. The van der Waals surface area contributed by atoms with Gasteiger partial charge in [0.1, 0.15) is 11.4 Å². The molecule has 1 heterocycles. The van der Waals surface area contributed by atoms with Gasteiger partial charge in [-0.25, -0.2) is 4.98 Å². The summed E-state index contributed by atoms with van der Waals surface area (Å²) in [6, 6.07) is 13.7. The van der Waals surface area contributed by atoms with Crippen LogP contribution in [-0.2, 0) is 4.79 Å². The summed E-state index contributed by atoms with van der Waals surface area (Å²) in [6.45, 7) is 1.67. The molecule has 2 aromatic carbocycles. The summed E-state index contributed by atoms with van der Waals surface area (Å²) in [5.74, 6) is 0.534. The smallest absolute Gasteiger partial charge is 0.296 e. The number of anilines is 1. The highest BCUT2D eigenvalue weighted by atomic mass is 32.2. The first-order chi connectivity index (χ1) is 13.5. The fourth-order valence-corrected chi connectivity index (χ4v) is 3.09. The molecular formula is C18H17N5O4S. The monoisotopic (exact) mass is 399 g/mol. The highest BCUT2D eigenvalue weighted by Crippen LogP contribution is 2.30. The molecule has 0 saturated heterocycles. The van der Waals surface area contributed by atoms with Crippen molar-refractivity contribution in [2.24, 2.45) is 0 Å². The number of H-pyrrole nitrogens is 1. The van der Waals surface area contributed by atoms with E-state index in [9.17, 15) is 14.9 Å². The van der Waals surface area contributed by atoms with Crippen LogP contribution in [0.2, 0.25) is 0 Å². The summed E-state index contributed by atoms with van der Waals surface area (Å²) >= 11 is 1.15. The number of nitro benzene ring substituents is 1. The van der Waals surface area contributed by atoms with Crippen LogP contribution in [0.5, 0.6) is 5.75 Å². The summed E-state index contributed by atoms with van der Waals surface area (Å²) in [5, 5.41) is 20.6. The highest BCUT2D eigenvalue weighted by molar-refractivity contribution is 8.00. The van der Waals surface area contributed by atoms with E-state index in [1.54, 1.807) is 13.0 Å². The number of benzene rings is 2. The molecule has 1 aromatic heterocycles. The first-order valence-corrected chi connectivity index (χ1v) is 9.13. The van der Waals surface area contributed by atoms with Crippen molar-refractivity contribution in [3.63, 3.8) is 0 Å². The standard InChI is InChI=1S/C18H17N5O4S/c1-11(28-18-20-16(21-22-18)12-6-4-3-5-7-12)17(24)19-14-9-8-13(27-2)10-15(14)23(25)26/h3-11H,1-2H3,(H,19,24)(H,20,21,22)/t11-/m0/s1. The van der Waals surface area contributed by atoms with Crippen LogP contribution in [0.25, 0.3) is 11.4 Å². The lowest BCUT2D eigenvalue weighted by molar-refractivity contribution is -0.384. The van der Waals surface area contributed by atoms with Crippen LogP contribution >= 0.6 is 11.8 Å². The number of carbonyl (C=O) groups is 1. The Morgan fingerprint density at radius 2 is 2.04 bits per heavy atom. The number of aromatic nitrogens is 3. The zero-order chi connectivity index (χ0) is 20.1. The summed E-state index contributed by atoms with van der Waals surface area (Å²) in [5.41, 5.74) is 0.741. The van der Waals surface area contributed by atoms with E-state index in [4.69, 9.17) is 4.74 Å². The van der Waals surface area contributed by atoms with E-state index in [2.05, 4.69) is 20.5 Å². The number of aromatic amines is 1. The van der Waals surface area contributed by atoms with Crippen molar-refractivity contribution in [3.05, 3.63) is 58.6 Å². The Morgan fingerprint density at radius 1 is 1.29 bits per heavy atom. The largest absolute Gasteiger partial charge is 0.496 e. The Hall–Kier alpha value is -3.40. The molecule has 0 aliphatic rings. The van der Waals surface area contributed by atoms with Gasteiger partial charge >= 0.3 is 0 Å². The van der Waals surface area contributed by atoms with Crippen molar-refractivity contribution >= 4 is 29.0 Å². The third-order valence-corrected chi connectivity index (χ3v) is 4.78. The number of nitro groups is 1. The fourth-order valence-electron chi connectivity index (χ4n) is 2.37. The van der Waals surface area contributed by atoms with E-state index < -0.39 is 16.1 Å². The van der Waals surface area contributed by atoms with Gasteiger partial charge in [0.25, 0.3) is 5.69 Å². The lowest BCUT2D eigenvalue weighted by Gasteiger charge is -2.11. The molecule has 2 N–H and O–H groups in total. The van der Waals surface area contributed by atoms with Gasteiger partial charge in [0.15, 0.2) is 5.82 Å². The zero-order valence-electron chi connectivity index (χ0n) is 15.1. The molecule has 0 saturated carbocycles. The number of thioether (sulfide) groups is 1. The number of rotatable bonds is 7. The van der Waals surface area contributed by atoms with Crippen molar-refractivity contribution in [2.75, 3.05) is 12.4 Å². The summed E-state index contributed by atoms with van der Waals surface area (Å²) in [7, 11) is 1.41. The van der Waals surface area contributed by atoms with Gasteiger partial charge in [0, 0.05) is 5.56 Å². The molecule has 0 radical (unpaired) electrons. The quantitative estimate of drug-likeness (QED) is 0.354. The molecule has 9 nitrogen and oxygen atoms in total. The third kappa shape index (κ3) is 4.46. The summed E-state index contributed by atoms with van der Waals surface area (Å²) in [6.07, 6.45) is 0. The topological polar surface area (TPSA) is 123 Å². The number of hydrogen-bond donors (Lipinski definition) is 2. The number of amides is 1. The van der Waals surface area contributed by atoms with Crippen LogP contribution in [0.1, 0.15) is 6.92 Å². The van der Waals surface area contributed by atoms with Crippen LogP contribution < -0.4 is 10.1 Å². The second-order valence-corrected chi connectivity index (χ2v) is 7.03. The predicted octanol–water partition coefficient (Wildman–Crippen LogP) is 3.51. The van der Waals surface area contributed by atoms with Gasteiger partial charge in [-0.2, -0.15) is 0 Å². The molecule has 0 aliphatic heterocycles. The van der Waals surface area contributed by atoms with E-state index in [0.717, 1.165) is 17.3 Å². The molecule has 3 aromatic rings. The van der Waals surface area contributed by atoms with Crippen LogP contribution in [0.3, 0.4) is 0 Å². The van der Waals surface area contributed by atoms with E-state index >= 15 is 0 Å². The van der Waals surface area contributed by atoms with E-state index in [1.807, 2.05) is 30.3 Å². The molecule has 1 atom stereocenters. The number of nitrogens with one attached hydrogen (secondary N) is 2. The minimum absolute atomic E-state index is 0.100. The average Bonchev–Trinajstić information content (AvgIpc) is 3.17. The predicted molar refractivity (Wildman–Crippen MR) is 105 cm³/mol. The Balaban J connectivity index is 1.69. The first-order valence-electron chi connectivity index (χ1n) is 8.25. The van der Waals surface area contributed by atoms with Gasteiger partial charge in [-0.05, 0) is 19.1 Å². The average molecular weight is 399 g/mol. The molecule has 28 heavy (non-hydrogen) atoms. The van der Waals surface area contributed by atoms with Crippen molar-refractivity contribution in [2.45, 2.75) is 17.3 Å². The van der Waals surface area contributed by atoms with Crippen molar-refractivity contribution < 1.29 is 14.5 Å². The van der Waals surface area contributed by atoms with Crippen molar-refractivity contribution in [1.82, 2.24) is 15.2 Å². The lowest BCUT2D eigenvalue weighted by atomic mass is 10.2. The van der Waals surface area contributed by atoms with Crippen LogP contribution in [0.4, 0.5) is 11.4 Å². The third-order valence-electron chi connectivity index (χ3n) is 3.82. The maximum absolute atomic E-state index is 12.5. The van der Waals surface area contributed by atoms with E-state index in [0.29, 0.717) is 16.7 Å². The van der Waals surface area contributed by atoms with Gasteiger partial charge in [-0.15, -0.1) is 5.10 Å². The lowest BCUT2D eigenvalue weighted by Crippen LogP contribution is -2.23. The minimum Gasteiger partial charge on any atom is -0.496 e. The second-order valence-electron chi connectivity index (χ2n) is 5.72. The van der Waals surface area contributed by atoms with Gasteiger partial charge in [-0.3, -0.25) is 20.0 Å². The number of carbonyl (C=O) groups excluding carboxylic acids is 1. The first kappa shape index (κ1) is 19.4. The molecule has 0 aliphatic carbocycles.